The first-order valence-corrected chi connectivity index (χ1v) is 8.31. The second-order valence-corrected chi connectivity index (χ2v) is 7.26. The van der Waals surface area contributed by atoms with Gasteiger partial charge in [-0.1, -0.05) is 23.5 Å². The molecule has 0 N–H and O–H groups in total. The maximum absolute atomic E-state index is 4.20. The van der Waals surface area contributed by atoms with Gasteiger partial charge in [-0.05, 0) is 47.0 Å². The minimum Gasteiger partial charge on any atom is -0.368 e. The monoisotopic (exact) mass is 352 g/mol. The number of hydrogen-bond acceptors (Lipinski definition) is 5. The highest BCUT2D eigenvalue weighted by Gasteiger charge is 2.21. The van der Waals surface area contributed by atoms with Gasteiger partial charge in [0.2, 0.25) is 5.13 Å². The van der Waals surface area contributed by atoms with Gasteiger partial charge >= 0.3 is 0 Å². The summed E-state index contributed by atoms with van der Waals surface area (Å²) < 4.78 is 0.851. The fourth-order valence-electron chi connectivity index (χ4n) is 2.54. The van der Waals surface area contributed by atoms with E-state index in [0.29, 0.717) is 0 Å². The predicted octanol–water partition coefficient (Wildman–Crippen LogP) is 3.24. The lowest BCUT2D eigenvalue weighted by molar-refractivity contribution is 0.648. The third kappa shape index (κ3) is 2.67. The smallest absolute Gasteiger partial charge is 0.209 e. The van der Waals surface area contributed by atoms with Crippen LogP contribution in [-0.2, 0) is 0 Å². The van der Waals surface area contributed by atoms with E-state index in [0.717, 1.165) is 35.2 Å². The third-order valence-electron chi connectivity index (χ3n) is 3.86. The van der Waals surface area contributed by atoms with Crippen LogP contribution in [0.3, 0.4) is 0 Å². The molecule has 6 heteroatoms. The van der Waals surface area contributed by atoms with Gasteiger partial charge in [0.15, 0.2) is 3.92 Å². The Bertz CT molecular complexity index is 605. The minimum atomic E-state index is 0.851. The molecule has 0 unspecified atom stereocenters. The zero-order chi connectivity index (χ0) is 14.1. The molecule has 1 aromatic heterocycles. The van der Waals surface area contributed by atoms with Crippen molar-refractivity contribution in [2.75, 3.05) is 36.0 Å². The molecule has 1 aliphatic heterocycles. The Morgan fingerprint density at radius 3 is 2.40 bits per heavy atom. The highest BCUT2D eigenvalue weighted by Crippen LogP contribution is 2.27. The molecule has 1 saturated heterocycles. The first-order valence-electron chi connectivity index (χ1n) is 6.70. The van der Waals surface area contributed by atoms with Crippen LogP contribution in [0.2, 0.25) is 0 Å². The Kier molecular flexibility index (Phi) is 3.94. The topological polar surface area (TPSA) is 32.3 Å². The van der Waals surface area contributed by atoms with Gasteiger partial charge in [-0.25, -0.2) is 0 Å². The predicted molar refractivity (Wildman–Crippen MR) is 88.0 cm³/mol. The first kappa shape index (κ1) is 13.8. The molecule has 3 rings (SSSR count). The molecule has 2 aromatic rings. The maximum Gasteiger partial charge on any atom is 0.209 e. The SMILES string of the molecule is Cc1cccc(N2CCN(c3nnc(Br)s3)CC2)c1C. The minimum absolute atomic E-state index is 0.851. The van der Waals surface area contributed by atoms with E-state index >= 15 is 0 Å². The van der Waals surface area contributed by atoms with Crippen LogP contribution in [-0.4, -0.2) is 36.4 Å². The lowest BCUT2D eigenvalue weighted by Gasteiger charge is -2.36. The molecule has 1 aromatic carbocycles. The van der Waals surface area contributed by atoms with E-state index in [1.807, 2.05) is 0 Å². The summed E-state index contributed by atoms with van der Waals surface area (Å²) in [4.78, 5) is 4.78. The van der Waals surface area contributed by atoms with E-state index in [9.17, 15) is 0 Å². The lowest BCUT2D eigenvalue weighted by atomic mass is 10.1. The summed E-state index contributed by atoms with van der Waals surface area (Å²) in [6.45, 7) is 8.43. The van der Waals surface area contributed by atoms with E-state index in [1.165, 1.54) is 16.8 Å². The number of nitrogens with zero attached hydrogens (tertiary/aromatic N) is 4. The molecule has 0 amide bonds. The largest absolute Gasteiger partial charge is 0.368 e. The van der Waals surface area contributed by atoms with E-state index < -0.39 is 0 Å². The van der Waals surface area contributed by atoms with Crippen LogP contribution in [0.4, 0.5) is 10.8 Å². The zero-order valence-electron chi connectivity index (χ0n) is 11.6. The van der Waals surface area contributed by atoms with Crippen LogP contribution < -0.4 is 9.80 Å². The molecule has 1 aliphatic rings. The fraction of sp³-hybridized carbons (Fsp3) is 0.429. The standard InChI is InChI=1S/C14H17BrN4S/c1-10-4-3-5-12(11(10)2)18-6-8-19(9-7-18)14-17-16-13(15)20-14/h3-5H,6-9H2,1-2H3. The number of aryl methyl sites for hydroxylation is 1. The average molecular weight is 353 g/mol. The molecule has 0 bridgehead atoms. The van der Waals surface area contributed by atoms with Crippen molar-refractivity contribution in [3.63, 3.8) is 0 Å². The summed E-state index contributed by atoms with van der Waals surface area (Å²) in [6, 6.07) is 6.54. The zero-order valence-corrected chi connectivity index (χ0v) is 14.0. The molecule has 20 heavy (non-hydrogen) atoms. The number of aromatic nitrogens is 2. The second-order valence-electron chi connectivity index (χ2n) is 5.03. The number of piperazine rings is 1. The van der Waals surface area contributed by atoms with Gasteiger partial charge in [-0.3, -0.25) is 0 Å². The van der Waals surface area contributed by atoms with E-state index in [-0.39, 0.29) is 0 Å². The molecule has 0 atom stereocenters. The molecule has 106 valence electrons. The summed E-state index contributed by atoms with van der Waals surface area (Å²) in [5, 5.41) is 9.23. The van der Waals surface area contributed by atoms with E-state index in [1.54, 1.807) is 11.3 Å². The normalized spacial score (nSPS) is 15.8. The van der Waals surface area contributed by atoms with Crippen LogP contribution in [0.1, 0.15) is 11.1 Å². The van der Waals surface area contributed by atoms with Crippen molar-refractivity contribution in [2.45, 2.75) is 13.8 Å². The molecule has 0 aliphatic carbocycles. The van der Waals surface area contributed by atoms with Crippen molar-refractivity contribution in [3.8, 4) is 0 Å². The van der Waals surface area contributed by atoms with Gasteiger partial charge in [-0.2, -0.15) is 0 Å². The quantitative estimate of drug-likeness (QED) is 0.830. The van der Waals surface area contributed by atoms with Gasteiger partial charge in [-0.15, -0.1) is 10.2 Å². The molecule has 0 radical (unpaired) electrons. The van der Waals surface area contributed by atoms with Crippen LogP contribution >= 0.6 is 27.3 Å². The van der Waals surface area contributed by atoms with Crippen molar-refractivity contribution < 1.29 is 0 Å². The highest BCUT2D eigenvalue weighted by atomic mass is 79.9. The van der Waals surface area contributed by atoms with Gasteiger partial charge in [0, 0.05) is 31.9 Å². The Morgan fingerprint density at radius 2 is 1.75 bits per heavy atom. The number of benzene rings is 1. The summed E-state index contributed by atoms with van der Waals surface area (Å²) in [5.74, 6) is 0. The van der Waals surface area contributed by atoms with E-state index in [4.69, 9.17) is 0 Å². The molecular weight excluding hydrogens is 336 g/mol. The van der Waals surface area contributed by atoms with Gasteiger partial charge in [0.05, 0.1) is 0 Å². The number of anilines is 2. The highest BCUT2D eigenvalue weighted by molar-refractivity contribution is 9.11. The first-order chi connectivity index (χ1) is 9.65. The Morgan fingerprint density at radius 1 is 1.05 bits per heavy atom. The van der Waals surface area contributed by atoms with Crippen molar-refractivity contribution >= 4 is 38.1 Å². The van der Waals surface area contributed by atoms with Crippen molar-refractivity contribution in [2.24, 2.45) is 0 Å². The van der Waals surface area contributed by atoms with Crippen molar-refractivity contribution in [1.82, 2.24) is 10.2 Å². The summed E-state index contributed by atoms with van der Waals surface area (Å²) in [7, 11) is 0. The Balaban J connectivity index is 1.71. The molecule has 2 heterocycles. The van der Waals surface area contributed by atoms with Crippen LogP contribution in [0, 0.1) is 13.8 Å². The lowest BCUT2D eigenvalue weighted by Crippen LogP contribution is -2.46. The maximum atomic E-state index is 4.20. The Labute approximate surface area is 131 Å². The van der Waals surface area contributed by atoms with Crippen molar-refractivity contribution in [3.05, 3.63) is 33.2 Å². The molecule has 1 fully saturated rings. The van der Waals surface area contributed by atoms with Crippen molar-refractivity contribution in [1.29, 1.82) is 0 Å². The van der Waals surface area contributed by atoms with Crippen LogP contribution in [0.5, 0.6) is 0 Å². The fourth-order valence-corrected chi connectivity index (χ4v) is 3.68. The summed E-state index contributed by atoms with van der Waals surface area (Å²) in [6.07, 6.45) is 0. The summed E-state index contributed by atoms with van der Waals surface area (Å²) >= 11 is 4.97. The number of hydrogen-bond donors (Lipinski definition) is 0. The van der Waals surface area contributed by atoms with Crippen LogP contribution in [0.15, 0.2) is 22.1 Å². The van der Waals surface area contributed by atoms with Gasteiger partial charge < -0.3 is 9.80 Å². The molecule has 0 spiro atoms. The third-order valence-corrected chi connectivity index (χ3v) is 5.27. The second kappa shape index (κ2) is 5.69. The molecule has 4 nitrogen and oxygen atoms in total. The number of rotatable bonds is 2. The van der Waals surface area contributed by atoms with Gasteiger partial charge in [0.25, 0.3) is 0 Å². The summed E-state index contributed by atoms with van der Waals surface area (Å²) in [5.41, 5.74) is 4.11. The average Bonchev–Trinajstić information content (AvgIpc) is 2.89. The molecular formula is C14H17BrN4S. The number of halogens is 1. The van der Waals surface area contributed by atoms with E-state index in [2.05, 4.69) is 68.0 Å². The van der Waals surface area contributed by atoms with Crippen LogP contribution in [0.25, 0.3) is 0 Å². The Hall–Kier alpha value is -1.14. The van der Waals surface area contributed by atoms with Gasteiger partial charge in [0.1, 0.15) is 0 Å². The molecule has 0 saturated carbocycles.